The molecule has 2 rings (SSSR count). The van der Waals surface area contributed by atoms with Gasteiger partial charge < -0.3 is 10.2 Å². The van der Waals surface area contributed by atoms with E-state index < -0.39 is 5.97 Å². The van der Waals surface area contributed by atoms with Crippen molar-refractivity contribution in [1.82, 2.24) is 9.97 Å². The largest absolute Gasteiger partial charge is 0.506 e. The maximum absolute atomic E-state index is 10.7. The number of rotatable bonds is 1. The van der Waals surface area contributed by atoms with Crippen LogP contribution in [0.25, 0.3) is 10.9 Å². The average Bonchev–Trinajstić information content (AvgIpc) is 2.18. The van der Waals surface area contributed by atoms with E-state index in [1.165, 1.54) is 18.3 Å². The Bertz CT molecular complexity index is 552. The van der Waals surface area contributed by atoms with Gasteiger partial charge in [0.05, 0.1) is 5.56 Å². The first-order valence-corrected chi connectivity index (χ1v) is 4.27. The van der Waals surface area contributed by atoms with E-state index in [0.717, 1.165) is 0 Å². The number of fused-ring (bicyclic) bond motifs is 1. The van der Waals surface area contributed by atoms with Crippen molar-refractivity contribution in [2.75, 3.05) is 0 Å². The molecule has 0 unspecified atom stereocenters. The number of carboxylic acids is 1. The molecule has 5 heteroatoms. The smallest absolute Gasteiger partial charge is 0.335 e. The van der Waals surface area contributed by atoms with E-state index in [2.05, 4.69) is 9.97 Å². The Hall–Kier alpha value is -2.17. The molecule has 0 amide bonds. The van der Waals surface area contributed by atoms with Gasteiger partial charge in [-0.3, -0.25) is 0 Å². The van der Waals surface area contributed by atoms with Gasteiger partial charge in [0.25, 0.3) is 0 Å². The molecule has 1 aromatic carbocycles. The first-order chi connectivity index (χ1) is 7.08. The Balaban J connectivity index is 2.78. The van der Waals surface area contributed by atoms with Crippen molar-refractivity contribution >= 4 is 16.9 Å². The lowest BCUT2D eigenvalue weighted by Gasteiger charge is -2.02. The van der Waals surface area contributed by atoms with Gasteiger partial charge in [0, 0.05) is 11.6 Å². The molecule has 0 aliphatic carbocycles. The number of phenols is 1. The van der Waals surface area contributed by atoms with Crippen LogP contribution >= 0.6 is 0 Å². The molecule has 15 heavy (non-hydrogen) atoms. The molecular weight excluding hydrogens is 196 g/mol. The highest BCUT2D eigenvalue weighted by Gasteiger charge is 2.09. The second kappa shape index (κ2) is 3.20. The van der Waals surface area contributed by atoms with Crippen molar-refractivity contribution < 1.29 is 15.0 Å². The summed E-state index contributed by atoms with van der Waals surface area (Å²) in [5, 5.41) is 18.9. The average molecular weight is 204 g/mol. The van der Waals surface area contributed by atoms with Crippen molar-refractivity contribution in [1.29, 1.82) is 0 Å². The molecule has 0 aliphatic heterocycles. The lowest BCUT2D eigenvalue weighted by Crippen LogP contribution is -1.97. The molecule has 0 saturated heterocycles. The van der Waals surface area contributed by atoms with E-state index in [1.54, 1.807) is 6.92 Å². The van der Waals surface area contributed by atoms with Crippen LogP contribution in [0.4, 0.5) is 0 Å². The fraction of sp³-hybridized carbons (Fsp3) is 0.100. The van der Waals surface area contributed by atoms with Crippen LogP contribution in [0.15, 0.2) is 18.3 Å². The van der Waals surface area contributed by atoms with Gasteiger partial charge in [0.15, 0.2) is 0 Å². The summed E-state index contributed by atoms with van der Waals surface area (Å²) in [5.41, 5.74) is 0.389. The molecule has 2 N–H and O–H groups in total. The zero-order chi connectivity index (χ0) is 11.0. The topological polar surface area (TPSA) is 83.3 Å². The molecule has 1 heterocycles. The zero-order valence-corrected chi connectivity index (χ0v) is 7.93. The Morgan fingerprint density at radius 1 is 1.40 bits per heavy atom. The van der Waals surface area contributed by atoms with Gasteiger partial charge in [-0.25, -0.2) is 14.8 Å². The number of hydrogen-bond acceptors (Lipinski definition) is 4. The Morgan fingerprint density at radius 3 is 2.80 bits per heavy atom. The first-order valence-electron chi connectivity index (χ1n) is 4.27. The molecule has 76 valence electrons. The highest BCUT2D eigenvalue weighted by atomic mass is 16.4. The first kappa shape index (κ1) is 9.39. The van der Waals surface area contributed by atoms with Gasteiger partial charge in [0.2, 0.25) is 0 Å². The van der Waals surface area contributed by atoms with Crippen LogP contribution in [-0.4, -0.2) is 26.2 Å². The van der Waals surface area contributed by atoms with Crippen LogP contribution in [0.2, 0.25) is 0 Å². The molecule has 0 atom stereocenters. The van der Waals surface area contributed by atoms with Crippen LogP contribution in [0.3, 0.4) is 0 Å². The van der Waals surface area contributed by atoms with Crippen LogP contribution in [0.5, 0.6) is 5.75 Å². The predicted molar refractivity (Wildman–Crippen MR) is 52.9 cm³/mol. The third-order valence-electron chi connectivity index (χ3n) is 2.03. The van der Waals surface area contributed by atoms with Gasteiger partial charge in [-0.2, -0.15) is 0 Å². The van der Waals surface area contributed by atoms with Crippen LogP contribution in [-0.2, 0) is 0 Å². The van der Waals surface area contributed by atoms with E-state index in [4.69, 9.17) is 5.11 Å². The van der Waals surface area contributed by atoms with Crippen LogP contribution in [0.1, 0.15) is 16.2 Å². The standard InChI is InChI=1S/C10H8N2O3/c1-5-11-4-7-2-6(10(14)15)3-8(13)9(7)12-5/h2-4,13H,1H3,(H,14,15). The summed E-state index contributed by atoms with van der Waals surface area (Å²) in [6, 6.07) is 2.61. The lowest BCUT2D eigenvalue weighted by molar-refractivity contribution is 0.0696. The van der Waals surface area contributed by atoms with E-state index in [-0.39, 0.29) is 11.3 Å². The molecule has 1 aromatic heterocycles. The number of aromatic carboxylic acids is 1. The van der Waals surface area contributed by atoms with Crippen molar-refractivity contribution in [3.05, 3.63) is 29.7 Å². The minimum Gasteiger partial charge on any atom is -0.506 e. The minimum absolute atomic E-state index is 0.0208. The normalized spacial score (nSPS) is 10.5. The summed E-state index contributed by atoms with van der Waals surface area (Å²) in [5.74, 6) is -0.705. The van der Waals surface area contributed by atoms with Crippen molar-refractivity contribution in [3.8, 4) is 5.75 Å². The number of aryl methyl sites for hydroxylation is 1. The molecule has 0 saturated carbocycles. The summed E-state index contributed by atoms with van der Waals surface area (Å²) >= 11 is 0. The van der Waals surface area contributed by atoms with Crippen molar-refractivity contribution in [2.45, 2.75) is 6.92 Å². The quantitative estimate of drug-likeness (QED) is 0.732. The summed E-state index contributed by atoms with van der Waals surface area (Å²) in [6.07, 6.45) is 1.49. The monoisotopic (exact) mass is 204 g/mol. The molecule has 0 bridgehead atoms. The zero-order valence-electron chi connectivity index (χ0n) is 7.93. The van der Waals surface area contributed by atoms with Crippen LogP contribution < -0.4 is 0 Å². The second-order valence-electron chi connectivity index (χ2n) is 3.16. The highest BCUT2D eigenvalue weighted by molar-refractivity contribution is 5.95. The van der Waals surface area contributed by atoms with Gasteiger partial charge in [-0.05, 0) is 19.1 Å². The number of hydrogen-bond donors (Lipinski definition) is 2. The number of carboxylic acid groups (broad SMARTS) is 1. The summed E-state index contributed by atoms with van der Waals surface area (Å²) in [4.78, 5) is 18.7. The van der Waals surface area contributed by atoms with E-state index in [9.17, 15) is 9.90 Å². The fourth-order valence-corrected chi connectivity index (χ4v) is 1.34. The van der Waals surface area contributed by atoms with E-state index >= 15 is 0 Å². The van der Waals surface area contributed by atoms with E-state index in [1.807, 2.05) is 0 Å². The maximum atomic E-state index is 10.7. The van der Waals surface area contributed by atoms with Gasteiger partial charge in [-0.1, -0.05) is 0 Å². The van der Waals surface area contributed by atoms with Crippen molar-refractivity contribution in [3.63, 3.8) is 0 Å². The third-order valence-corrected chi connectivity index (χ3v) is 2.03. The van der Waals surface area contributed by atoms with Gasteiger partial charge in [0.1, 0.15) is 17.1 Å². The number of nitrogens with zero attached hydrogens (tertiary/aromatic N) is 2. The SMILES string of the molecule is Cc1ncc2cc(C(=O)O)cc(O)c2n1. The molecule has 0 fully saturated rings. The van der Waals surface area contributed by atoms with Gasteiger partial charge >= 0.3 is 5.97 Å². The van der Waals surface area contributed by atoms with E-state index in [0.29, 0.717) is 16.7 Å². The molecule has 0 radical (unpaired) electrons. The Kier molecular flexibility index (Phi) is 2.00. The summed E-state index contributed by atoms with van der Waals surface area (Å²) < 4.78 is 0. The number of benzene rings is 1. The molecule has 0 aliphatic rings. The van der Waals surface area contributed by atoms with Crippen LogP contribution in [0, 0.1) is 6.92 Å². The van der Waals surface area contributed by atoms with Crippen molar-refractivity contribution in [2.24, 2.45) is 0 Å². The molecular formula is C10H8N2O3. The maximum Gasteiger partial charge on any atom is 0.335 e. The minimum atomic E-state index is -1.09. The predicted octanol–water partition coefficient (Wildman–Crippen LogP) is 1.34. The summed E-state index contributed by atoms with van der Waals surface area (Å²) in [7, 11) is 0. The Morgan fingerprint density at radius 2 is 2.13 bits per heavy atom. The number of aromatic hydroxyl groups is 1. The fourth-order valence-electron chi connectivity index (χ4n) is 1.34. The second-order valence-corrected chi connectivity index (χ2v) is 3.16. The lowest BCUT2D eigenvalue weighted by atomic mass is 10.1. The number of carbonyl (C=O) groups is 1. The summed E-state index contributed by atoms with van der Waals surface area (Å²) in [6.45, 7) is 1.70. The highest BCUT2D eigenvalue weighted by Crippen LogP contribution is 2.24. The van der Waals surface area contributed by atoms with Gasteiger partial charge in [-0.15, -0.1) is 0 Å². The molecule has 2 aromatic rings. The molecule has 5 nitrogen and oxygen atoms in total. The number of phenolic OH excluding ortho intramolecular Hbond substituents is 1. The molecule has 0 spiro atoms. The Labute approximate surface area is 85.0 Å². The third kappa shape index (κ3) is 1.59. The number of aromatic nitrogens is 2.